The van der Waals surface area contributed by atoms with E-state index in [-0.39, 0.29) is 24.4 Å². The Labute approximate surface area is 189 Å². The average molecular weight is 431 g/mol. The Hall–Kier alpha value is -3.17. The van der Waals surface area contributed by atoms with Crippen LogP contribution >= 0.6 is 0 Å². The van der Waals surface area contributed by atoms with Gasteiger partial charge in [0, 0.05) is 24.7 Å². The summed E-state index contributed by atoms with van der Waals surface area (Å²) in [5.41, 5.74) is 3.64. The zero-order valence-corrected chi connectivity index (χ0v) is 18.5. The number of aryl methyl sites for hydroxylation is 1. The largest absolute Gasteiger partial charge is 0.349 e. The van der Waals surface area contributed by atoms with Crippen molar-refractivity contribution < 1.29 is 9.59 Å². The molecule has 0 atom stereocenters. The van der Waals surface area contributed by atoms with Crippen molar-refractivity contribution in [1.29, 1.82) is 0 Å². The molecule has 0 spiro atoms. The molecular weight excluding hydrogens is 400 g/mol. The van der Waals surface area contributed by atoms with Gasteiger partial charge in [-0.15, -0.1) is 0 Å². The Bertz CT molecular complexity index is 997. The molecule has 1 aliphatic heterocycles. The minimum atomic E-state index is -0.223. The van der Waals surface area contributed by atoms with Crippen molar-refractivity contribution in [2.75, 3.05) is 19.6 Å². The molecule has 6 nitrogen and oxygen atoms in total. The van der Waals surface area contributed by atoms with E-state index >= 15 is 0 Å². The Morgan fingerprint density at radius 3 is 2.44 bits per heavy atom. The predicted octanol–water partition coefficient (Wildman–Crippen LogP) is 3.80. The molecule has 0 radical (unpaired) electrons. The van der Waals surface area contributed by atoms with Crippen LogP contribution in [0.4, 0.5) is 5.69 Å². The Kier molecular flexibility index (Phi) is 6.87. The number of likely N-dealkylation sites (tertiary alicyclic amines) is 1. The lowest BCUT2D eigenvalue weighted by atomic mass is 9.80. The molecule has 2 aromatic rings. The van der Waals surface area contributed by atoms with E-state index < -0.39 is 0 Å². The molecule has 6 heteroatoms. The van der Waals surface area contributed by atoms with Crippen LogP contribution in [0, 0.1) is 13.5 Å². The third-order valence-corrected chi connectivity index (χ3v) is 6.67. The van der Waals surface area contributed by atoms with Gasteiger partial charge >= 0.3 is 0 Å². The van der Waals surface area contributed by atoms with Crippen LogP contribution in [0.1, 0.15) is 53.1 Å². The molecule has 1 saturated carbocycles. The predicted molar refractivity (Wildman–Crippen MR) is 125 cm³/mol. The van der Waals surface area contributed by atoms with Crippen LogP contribution in [0.15, 0.2) is 48.5 Å². The number of benzene rings is 2. The maximum Gasteiger partial charge on any atom is 0.251 e. The number of amides is 2. The van der Waals surface area contributed by atoms with Gasteiger partial charge in [0.2, 0.25) is 5.91 Å². The van der Waals surface area contributed by atoms with E-state index in [1.165, 1.54) is 31.2 Å². The van der Waals surface area contributed by atoms with Gasteiger partial charge < -0.3 is 10.6 Å². The molecule has 32 heavy (non-hydrogen) atoms. The van der Waals surface area contributed by atoms with Crippen LogP contribution < -0.4 is 10.6 Å². The number of hydrogen-bond donors (Lipinski definition) is 2. The van der Waals surface area contributed by atoms with Gasteiger partial charge in [-0.05, 0) is 56.2 Å². The van der Waals surface area contributed by atoms with Crippen LogP contribution in [-0.4, -0.2) is 48.4 Å². The van der Waals surface area contributed by atoms with Gasteiger partial charge in [-0.25, -0.2) is 4.85 Å². The van der Waals surface area contributed by atoms with Crippen molar-refractivity contribution >= 4 is 17.5 Å². The molecular formula is C26H30N4O2. The number of nitrogens with one attached hydrogen (secondary N) is 2. The van der Waals surface area contributed by atoms with E-state index in [1.807, 2.05) is 37.3 Å². The lowest BCUT2D eigenvalue weighted by Crippen LogP contribution is -2.63. The van der Waals surface area contributed by atoms with Crippen LogP contribution in [0.2, 0.25) is 0 Å². The molecule has 1 saturated heterocycles. The van der Waals surface area contributed by atoms with Gasteiger partial charge in [-0.2, -0.15) is 0 Å². The van der Waals surface area contributed by atoms with Crippen LogP contribution in [-0.2, 0) is 4.79 Å². The van der Waals surface area contributed by atoms with E-state index in [0.29, 0.717) is 23.2 Å². The highest BCUT2D eigenvalue weighted by Crippen LogP contribution is 2.36. The van der Waals surface area contributed by atoms with Crippen LogP contribution in [0.3, 0.4) is 0 Å². The summed E-state index contributed by atoms with van der Waals surface area (Å²) >= 11 is 0. The maximum atomic E-state index is 12.2. The third kappa shape index (κ3) is 5.35. The second-order valence-electron chi connectivity index (χ2n) is 8.98. The molecule has 2 aliphatic rings. The lowest BCUT2D eigenvalue weighted by molar-refractivity contribution is -0.122. The molecule has 1 heterocycles. The summed E-state index contributed by atoms with van der Waals surface area (Å²) in [6, 6.07) is 16.1. The van der Waals surface area contributed by atoms with Crippen molar-refractivity contribution in [2.24, 2.45) is 0 Å². The Morgan fingerprint density at radius 2 is 1.78 bits per heavy atom. The zero-order valence-electron chi connectivity index (χ0n) is 18.5. The standard InChI is InChI=1S/C26H30N4O2/c1-18-4-3-5-21(14-18)26(32)28-15-25(31)29-23-16-30(17-23)24-12-8-20(9-13-24)19-6-10-22(27-2)11-7-19/h3-7,10-11,14,20,23-24H,8-9,12-13,15-17H2,1H3,(H,28,32)(H,29,31). The van der Waals surface area contributed by atoms with Crippen LogP contribution in [0.25, 0.3) is 4.85 Å². The molecule has 1 aliphatic carbocycles. The fourth-order valence-electron chi connectivity index (χ4n) is 4.83. The van der Waals surface area contributed by atoms with Crippen molar-refractivity contribution in [1.82, 2.24) is 15.5 Å². The third-order valence-electron chi connectivity index (χ3n) is 6.67. The summed E-state index contributed by atoms with van der Waals surface area (Å²) in [5, 5.41) is 5.73. The van der Waals surface area contributed by atoms with Gasteiger partial charge in [0.1, 0.15) is 0 Å². The molecule has 0 bridgehead atoms. The zero-order chi connectivity index (χ0) is 22.5. The second-order valence-corrected chi connectivity index (χ2v) is 8.98. The van der Waals surface area contributed by atoms with E-state index in [1.54, 1.807) is 6.07 Å². The molecule has 166 valence electrons. The summed E-state index contributed by atoms with van der Waals surface area (Å²) in [6.07, 6.45) is 4.67. The molecule has 2 aromatic carbocycles. The highest BCUT2D eigenvalue weighted by Gasteiger charge is 2.35. The highest BCUT2D eigenvalue weighted by molar-refractivity contribution is 5.96. The van der Waals surface area contributed by atoms with E-state index in [0.717, 1.165) is 18.7 Å². The average Bonchev–Trinajstić information content (AvgIpc) is 2.80. The number of nitrogens with zero attached hydrogens (tertiary/aromatic N) is 2. The lowest BCUT2D eigenvalue weighted by Gasteiger charge is -2.46. The maximum absolute atomic E-state index is 12.2. The molecule has 4 rings (SSSR count). The van der Waals surface area contributed by atoms with Gasteiger partial charge in [-0.3, -0.25) is 14.5 Å². The second kappa shape index (κ2) is 9.97. The van der Waals surface area contributed by atoms with Crippen molar-refractivity contribution in [3.05, 3.63) is 76.6 Å². The van der Waals surface area contributed by atoms with Gasteiger partial charge in [0.05, 0.1) is 19.2 Å². The fraction of sp³-hybridized carbons (Fsp3) is 0.423. The summed E-state index contributed by atoms with van der Waals surface area (Å²) in [7, 11) is 0. The first-order chi connectivity index (χ1) is 15.5. The Morgan fingerprint density at radius 1 is 1.06 bits per heavy atom. The van der Waals surface area contributed by atoms with E-state index in [9.17, 15) is 9.59 Å². The first kappa shape index (κ1) is 22.0. The van der Waals surface area contributed by atoms with E-state index in [2.05, 4.69) is 32.5 Å². The summed E-state index contributed by atoms with van der Waals surface area (Å²) in [6.45, 7) is 10.8. The van der Waals surface area contributed by atoms with Crippen molar-refractivity contribution in [3.63, 3.8) is 0 Å². The smallest absolute Gasteiger partial charge is 0.251 e. The van der Waals surface area contributed by atoms with Gasteiger partial charge in [0.25, 0.3) is 5.91 Å². The minimum absolute atomic E-state index is 0.000667. The summed E-state index contributed by atoms with van der Waals surface area (Å²) < 4.78 is 0. The molecule has 2 amide bonds. The SMILES string of the molecule is [C-]#[N+]c1ccc(C2CCC(N3CC(NC(=O)CNC(=O)c4cccc(C)c4)C3)CC2)cc1. The Balaban J connectivity index is 1.14. The topological polar surface area (TPSA) is 65.8 Å². The summed E-state index contributed by atoms with van der Waals surface area (Å²) in [5.74, 6) is 0.224. The molecule has 0 unspecified atom stereocenters. The minimum Gasteiger partial charge on any atom is -0.349 e. The first-order valence-electron chi connectivity index (χ1n) is 11.4. The number of carbonyl (C=O) groups is 2. The van der Waals surface area contributed by atoms with Crippen molar-refractivity contribution in [3.8, 4) is 0 Å². The number of rotatable bonds is 6. The van der Waals surface area contributed by atoms with Gasteiger partial charge in [0.15, 0.2) is 5.69 Å². The van der Waals surface area contributed by atoms with Crippen LogP contribution in [0.5, 0.6) is 0 Å². The first-order valence-corrected chi connectivity index (χ1v) is 11.4. The number of hydrogen-bond acceptors (Lipinski definition) is 3. The molecule has 0 aromatic heterocycles. The molecule has 2 fully saturated rings. The molecule has 2 N–H and O–H groups in total. The normalized spacial score (nSPS) is 21.2. The van der Waals surface area contributed by atoms with E-state index in [4.69, 9.17) is 6.57 Å². The quantitative estimate of drug-likeness (QED) is 0.685. The summed E-state index contributed by atoms with van der Waals surface area (Å²) in [4.78, 5) is 30.3. The van der Waals surface area contributed by atoms with Crippen molar-refractivity contribution in [2.45, 2.75) is 50.6 Å². The van der Waals surface area contributed by atoms with Gasteiger partial charge in [-0.1, -0.05) is 42.0 Å². The fourth-order valence-corrected chi connectivity index (χ4v) is 4.83. The highest BCUT2D eigenvalue weighted by atomic mass is 16.2. The monoisotopic (exact) mass is 430 g/mol. The number of carbonyl (C=O) groups excluding carboxylic acids is 2.